The number of hydrogen-bond donors (Lipinski definition) is 1. The lowest BCUT2D eigenvalue weighted by Gasteiger charge is -2.19. The number of halogens is 1. The van der Waals surface area contributed by atoms with E-state index in [0.717, 1.165) is 10.9 Å². The summed E-state index contributed by atoms with van der Waals surface area (Å²) in [5.74, 6) is 0.699. The predicted octanol–water partition coefficient (Wildman–Crippen LogP) is 5.26. The quantitative estimate of drug-likeness (QED) is 0.778. The fourth-order valence-electron chi connectivity index (χ4n) is 2.69. The Bertz CT molecular complexity index is 587. The van der Waals surface area contributed by atoms with E-state index in [1.54, 1.807) is 0 Å². The van der Waals surface area contributed by atoms with Crippen LogP contribution in [0.3, 0.4) is 0 Å². The van der Waals surface area contributed by atoms with Gasteiger partial charge in [0, 0.05) is 4.47 Å². The Kier molecular flexibility index (Phi) is 5.60. The van der Waals surface area contributed by atoms with Crippen molar-refractivity contribution in [2.45, 2.75) is 33.2 Å². The summed E-state index contributed by atoms with van der Waals surface area (Å²) >= 11 is 3.57. The lowest BCUT2D eigenvalue weighted by atomic mass is 9.95. The SMILES string of the molecule is CNC(c1ccc(CC(C)C)cc1)c1ccc(Br)c(C)c1. The maximum Gasteiger partial charge on any atom is 0.0574 e. The average molecular weight is 346 g/mol. The molecule has 2 aromatic carbocycles. The van der Waals surface area contributed by atoms with Crippen molar-refractivity contribution in [1.82, 2.24) is 5.32 Å². The fraction of sp³-hybridized carbons (Fsp3) is 0.368. The third-order valence-corrected chi connectivity index (χ3v) is 4.65. The summed E-state index contributed by atoms with van der Waals surface area (Å²) in [6, 6.07) is 15.8. The van der Waals surface area contributed by atoms with Gasteiger partial charge in [-0.15, -0.1) is 0 Å². The second-order valence-electron chi connectivity index (χ2n) is 6.07. The molecule has 0 amide bonds. The maximum absolute atomic E-state index is 3.57. The molecule has 2 heteroatoms. The van der Waals surface area contributed by atoms with Crippen molar-refractivity contribution in [2.75, 3.05) is 7.05 Å². The molecule has 0 radical (unpaired) electrons. The molecule has 0 heterocycles. The maximum atomic E-state index is 3.57. The highest BCUT2D eigenvalue weighted by Gasteiger charge is 2.12. The van der Waals surface area contributed by atoms with Gasteiger partial charge in [0.1, 0.15) is 0 Å². The van der Waals surface area contributed by atoms with Crippen LogP contribution in [0.4, 0.5) is 0 Å². The van der Waals surface area contributed by atoms with E-state index < -0.39 is 0 Å². The third kappa shape index (κ3) is 4.18. The minimum absolute atomic E-state index is 0.241. The van der Waals surface area contributed by atoms with Crippen molar-refractivity contribution in [3.8, 4) is 0 Å². The molecule has 0 spiro atoms. The van der Waals surface area contributed by atoms with E-state index in [1.165, 1.54) is 22.3 Å². The van der Waals surface area contributed by atoms with Crippen molar-refractivity contribution in [2.24, 2.45) is 5.92 Å². The van der Waals surface area contributed by atoms with Crippen LogP contribution in [0, 0.1) is 12.8 Å². The summed E-state index contributed by atoms with van der Waals surface area (Å²) in [6.45, 7) is 6.65. The number of aryl methyl sites for hydroxylation is 1. The molecule has 0 aliphatic carbocycles. The van der Waals surface area contributed by atoms with Crippen LogP contribution < -0.4 is 5.32 Å². The van der Waals surface area contributed by atoms with Crippen molar-refractivity contribution in [1.29, 1.82) is 0 Å². The Morgan fingerprint density at radius 2 is 1.62 bits per heavy atom. The molecule has 0 saturated heterocycles. The van der Waals surface area contributed by atoms with Gasteiger partial charge in [0.2, 0.25) is 0 Å². The van der Waals surface area contributed by atoms with Crippen molar-refractivity contribution in [3.05, 3.63) is 69.2 Å². The highest BCUT2D eigenvalue weighted by Crippen LogP contribution is 2.26. The first-order chi connectivity index (χ1) is 10.0. The molecule has 1 atom stereocenters. The molecule has 0 aromatic heterocycles. The molecule has 0 aliphatic heterocycles. The summed E-state index contributed by atoms with van der Waals surface area (Å²) < 4.78 is 1.16. The van der Waals surface area contributed by atoms with E-state index in [0.29, 0.717) is 5.92 Å². The molecule has 2 aromatic rings. The molecule has 1 N–H and O–H groups in total. The number of hydrogen-bond acceptors (Lipinski definition) is 1. The molecule has 21 heavy (non-hydrogen) atoms. The third-order valence-electron chi connectivity index (χ3n) is 3.76. The van der Waals surface area contributed by atoms with Crippen LogP contribution in [-0.4, -0.2) is 7.05 Å². The van der Waals surface area contributed by atoms with Crippen molar-refractivity contribution >= 4 is 15.9 Å². The van der Waals surface area contributed by atoms with E-state index in [-0.39, 0.29) is 6.04 Å². The first-order valence-corrected chi connectivity index (χ1v) is 8.32. The zero-order valence-corrected chi connectivity index (χ0v) is 14.9. The Labute approximate surface area is 136 Å². The average Bonchev–Trinajstić information content (AvgIpc) is 2.45. The van der Waals surface area contributed by atoms with Crippen LogP contribution >= 0.6 is 15.9 Å². The van der Waals surface area contributed by atoms with Gasteiger partial charge in [-0.2, -0.15) is 0 Å². The minimum Gasteiger partial charge on any atom is -0.309 e. The van der Waals surface area contributed by atoms with Gasteiger partial charge in [-0.3, -0.25) is 0 Å². The van der Waals surface area contributed by atoms with E-state index >= 15 is 0 Å². The van der Waals surface area contributed by atoms with Gasteiger partial charge in [0.05, 0.1) is 6.04 Å². The van der Waals surface area contributed by atoms with E-state index in [2.05, 4.69) is 84.5 Å². The van der Waals surface area contributed by atoms with Crippen LogP contribution in [0.2, 0.25) is 0 Å². The van der Waals surface area contributed by atoms with Crippen LogP contribution in [-0.2, 0) is 6.42 Å². The first kappa shape index (κ1) is 16.3. The molecule has 1 unspecified atom stereocenters. The number of benzene rings is 2. The summed E-state index contributed by atoms with van der Waals surface area (Å²) in [5, 5.41) is 3.43. The molecular formula is C19H24BrN. The zero-order chi connectivity index (χ0) is 15.4. The topological polar surface area (TPSA) is 12.0 Å². The monoisotopic (exact) mass is 345 g/mol. The molecule has 0 fully saturated rings. The summed E-state index contributed by atoms with van der Waals surface area (Å²) in [4.78, 5) is 0. The van der Waals surface area contributed by atoms with Gasteiger partial charge in [0.25, 0.3) is 0 Å². The Morgan fingerprint density at radius 1 is 1.00 bits per heavy atom. The zero-order valence-electron chi connectivity index (χ0n) is 13.3. The number of nitrogens with one attached hydrogen (secondary N) is 1. The van der Waals surface area contributed by atoms with Crippen LogP contribution in [0.1, 0.15) is 42.1 Å². The van der Waals surface area contributed by atoms with Crippen LogP contribution in [0.25, 0.3) is 0 Å². The van der Waals surface area contributed by atoms with E-state index in [9.17, 15) is 0 Å². The Morgan fingerprint density at radius 3 is 2.14 bits per heavy atom. The summed E-state index contributed by atoms with van der Waals surface area (Å²) in [6.07, 6.45) is 1.14. The summed E-state index contributed by atoms with van der Waals surface area (Å²) in [7, 11) is 2.02. The molecule has 0 saturated carbocycles. The standard InChI is InChI=1S/C19H24BrN/c1-13(2)11-15-5-7-16(8-6-15)19(21-4)17-9-10-18(20)14(3)12-17/h5-10,12-13,19,21H,11H2,1-4H3. The second-order valence-corrected chi connectivity index (χ2v) is 6.92. The highest BCUT2D eigenvalue weighted by atomic mass is 79.9. The second kappa shape index (κ2) is 7.24. The van der Waals surface area contributed by atoms with Crippen molar-refractivity contribution in [3.63, 3.8) is 0 Å². The number of rotatable bonds is 5. The Hall–Kier alpha value is -1.12. The van der Waals surface area contributed by atoms with Gasteiger partial charge in [0.15, 0.2) is 0 Å². The van der Waals surface area contributed by atoms with Gasteiger partial charge in [-0.05, 0) is 54.6 Å². The Balaban J connectivity index is 2.26. The summed E-state index contributed by atoms with van der Waals surface area (Å²) in [5.41, 5.74) is 5.29. The molecule has 112 valence electrons. The van der Waals surface area contributed by atoms with Crippen LogP contribution in [0.5, 0.6) is 0 Å². The lowest BCUT2D eigenvalue weighted by Crippen LogP contribution is -2.17. The molecule has 0 aliphatic rings. The molecule has 1 nitrogen and oxygen atoms in total. The fourth-order valence-corrected chi connectivity index (χ4v) is 2.94. The molecule has 0 bridgehead atoms. The molecular weight excluding hydrogens is 322 g/mol. The predicted molar refractivity (Wildman–Crippen MR) is 94.8 cm³/mol. The van der Waals surface area contributed by atoms with Crippen molar-refractivity contribution < 1.29 is 0 Å². The highest BCUT2D eigenvalue weighted by molar-refractivity contribution is 9.10. The van der Waals surface area contributed by atoms with E-state index in [1.807, 2.05) is 7.05 Å². The van der Waals surface area contributed by atoms with E-state index in [4.69, 9.17) is 0 Å². The largest absolute Gasteiger partial charge is 0.309 e. The van der Waals surface area contributed by atoms with Crippen LogP contribution in [0.15, 0.2) is 46.9 Å². The smallest absolute Gasteiger partial charge is 0.0574 e. The van der Waals surface area contributed by atoms with Gasteiger partial charge in [-0.1, -0.05) is 66.2 Å². The minimum atomic E-state index is 0.241. The molecule has 2 rings (SSSR count). The lowest BCUT2D eigenvalue weighted by molar-refractivity contribution is 0.645. The van der Waals surface area contributed by atoms with Gasteiger partial charge >= 0.3 is 0 Å². The normalized spacial score (nSPS) is 12.7. The van der Waals surface area contributed by atoms with Gasteiger partial charge in [-0.25, -0.2) is 0 Å². The van der Waals surface area contributed by atoms with Gasteiger partial charge < -0.3 is 5.32 Å². The first-order valence-electron chi connectivity index (χ1n) is 7.53.